The molecule has 1 fully saturated rings. The quantitative estimate of drug-likeness (QED) is 0.763. The van der Waals surface area contributed by atoms with Crippen molar-refractivity contribution in [3.05, 3.63) is 28.7 Å². The molecular formula is C18H25BrN2O4. The summed E-state index contributed by atoms with van der Waals surface area (Å²) in [6.45, 7) is 8.84. The molecule has 1 aliphatic heterocycles. The van der Waals surface area contributed by atoms with Crippen molar-refractivity contribution in [2.45, 2.75) is 39.3 Å². The second kappa shape index (κ2) is 8.08. The highest BCUT2D eigenvalue weighted by Crippen LogP contribution is 2.18. The summed E-state index contributed by atoms with van der Waals surface area (Å²) in [5, 5.41) is 0. The zero-order chi connectivity index (χ0) is 18.6. The number of hydrogen-bond acceptors (Lipinski definition) is 4. The monoisotopic (exact) mass is 412 g/mol. The van der Waals surface area contributed by atoms with E-state index < -0.39 is 5.60 Å². The second-order valence-electron chi connectivity index (χ2n) is 7.11. The predicted molar refractivity (Wildman–Crippen MR) is 98.6 cm³/mol. The first kappa shape index (κ1) is 19.6. The average molecular weight is 413 g/mol. The fourth-order valence-electron chi connectivity index (χ4n) is 2.54. The highest BCUT2D eigenvalue weighted by molar-refractivity contribution is 9.10. The van der Waals surface area contributed by atoms with Gasteiger partial charge in [-0.25, -0.2) is 4.79 Å². The van der Waals surface area contributed by atoms with Gasteiger partial charge in [-0.2, -0.15) is 0 Å². The molecule has 0 bridgehead atoms. The molecule has 0 N–H and O–H groups in total. The van der Waals surface area contributed by atoms with E-state index in [0.29, 0.717) is 25.4 Å². The standard InChI is InChI=1S/C18H25BrN2O4/c1-13-11-20(9-10-21(13)17(23)25-18(2,3)4)16(22)12-24-15-7-5-14(19)6-8-15/h5-8,13H,9-12H2,1-4H3/t13-/m1/s1. The van der Waals surface area contributed by atoms with Crippen molar-refractivity contribution in [2.75, 3.05) is 26.2 Å². The molecule has 0 saturated carbocycles. The van der Waals surface area contributed by atoms with Crippen LogP contribution in [0.25, 0.3) is 0 Å². The molecule has 1 heterocycles. The van der Waals surface area contributed by atoms with E-state index in [-0.39, 0.29) is 24.6 Å². The van der Waals surface area contributed by atoms with Crippen LogP contribution < -0.4 is 4.74 Å². The molecule has 1 saturated heterocycles. The molecule has 0 aromatic heterocycles. The van der Waals surface area contributed by atoms with E-state index in [4.69, 9.17) is 9.47 Å². The molecule has 2 rings (SSSR count). The van der Waals surface area contributed by atoms with Crippen LogP contribution in [0.4, 0.5) is 4.79 Å². The van der Waals surface area contributed by atoms with Crippen molar-refractivity contribution in [2.24, 2.45) is 0 Å². The van der Waals surface area contributed by atoms with Gasteiger partial charge in [0.25, 0.3) is 5.91 Å². The number of amides is 2. The minimum atomic E-state index is -0.526. The molecular weight excluding hydrogens is 388 g/mol. The number of carbonyl (C=O) groups excluding carboxylic acids is 2. The Morgan fingerprint density at radius 1 is 1.20 bits per heavy atom. The number of ether oxygens (including phenoxy) is 2. The van der Waals surface area contributed by atoms with E-state index in [1.54, 1.807) is 21.9 Å². The van der Waals surface area contributed by atoms with Crippen LogP contribution in [0.5, 0.6) is 5.75 Å². The van der Waals surface area contributed by atoms with Crippen LogP contribution in [0.15, 0.2) is 28.7 Å². The fraction of sp³-hybridized carbons (Fsp3) is 0.556. The Balaban J connectivity index is 1.84. The van der Waals surface area contributed by atoms with E-state index >= 15 is 0 Å². The van der Waals surface area contributed by atoms with Crippen LogP contribution in [0.1, 0.15) is 27.7 Å². The Hall–Kier alpha value is -1.76. The molecule has 7 heteroatoms. The molecule has 0 spiro atoms. The molecule has 1 aromatic carbocycles. The molecule has 25 heavy (non-hydrogen) atoms. The van der Waals surface area contributed by atoms with Crippen LogP contribution in [-0.4, -0.2) is 59.7 Å². The summed E-state index contributed by atoms with van der Waals surface area (Å²) in [6, 6.07) is 7.24. The summed E-state index contributed by atoms with van der Waals surface area (Å²) in [5.41, 5.74) is -0.526. The van der Waals surface area contributed by atoms with Crippen LogP contribution in [0, 0.1) is 0 Å². The fourth-order valence-corrected chi connectivity index (χ4v) is 2.81. The lowest BCUT2D eigenvalue weighted by Gasteiger charge is -2.40. The van der Waals surface area contributed by atoms with Gasteiger partial charge < -0.3 is 19.3 Å². The molecule has 138 valence electrons. The number of piperazine rings is 1. The van der Waals surface area contributed by atoms with Crippen LogP contribution in [0.3, 0.4) is 0 Å². The smallest absolute Gasteiger partial charge is 0.410 e. The third kappa shape index (κ3) is 5.92. The van der Waals surface area contributed by atoms with Crippen molar-refractivity contribution >= 4 is 27.9 Å². The second-order valence-corrected chi connectivity index (χ2v) is 8.02. The molecule has 0 aliphatic carbocycles. The maximum Gasteiger partial charge on any atom is 0.410 e. The predicted octanol–water partition coefficient (Wildman–Crippen LogP) is 3.30. The average Bonchev–Trinajstić information content (AvgIpc) is 2.52. The SMILES string of the molecule is C[C@@H]1CN(C(=O)COc2ccc(Br)cc2)CCN1C(=O)OC(C)(C)C. The van der Waals surface area contributed by atoms with Crippen molar-refractivity contribution in [1.82, 2.24) is 9.80 Å². The van der Waals surface area contributed by atoms with E-state index in [2.05, 4.69) is 15.9 Å². The van der Waals surface area contributed by atoms with Crippen LogP contribution in [-0.2, 0) is 9.53 Å². The zero-order valence-electron chi connectivity index (χ0n) is 15.1. The van der Waals surface area contributed by atoms with Crippen molar-refractivity contribution < 1.29 is 19.1 Å². The Labute approximate surface area is 157 Å². The van der Waals surface area contributed by atoms with E-state index in [1.165, 1.54) is 0 Å². The summed E-state index contributed by atoms with van der Waals surface area (Å²) < 4.78 is 11.9. The number of nitrogens with zero attached hydrogens (tertiary/aromatic N) is 2. The molecule has 0 unspecified atom stereocenters. The Kier molecular flexibility index (Phi) is 6.32. The van der Waals surface area contributed by atoms with E-state index in [9.17, 15) is 9.59 Å². The molecule has 0 radical (unpaired) electrons. The molecule has 1 aromatic rings. The highest BCUT2D eigenvalue weighted by atomic mass is 79.9. The molecule has 1 atom stereocenters. The van der Waals surface area contributed by atoms with Gasteiger partial charge in [-0.05, 0) is 52.0 Å². The maximum absolute atomic E-state index is 12.3. The molecule has 1 aliphatic rings. The van der Waals surface area contributed by atoms with Crippen LogP contribution >= 0.6 is 15.9 Å². The number of carbonyl (C=O) groups is 2. The first-order valence-corrected chi connectivity index (χ1v) is 9.11. The summed E-state index contributed by atoms with van der Waals surface area (Å²) in [6.07, 6.45) is -0.335. The van der Waals surface area contributed by atoms with Crippen molar-refractivity contribution in [3.8, 4) is 5.75 Å². The highest BCUT2D eigenvalue weighted by Gasteiger charge is 2.32. The van der Waals surface area contributed by atoms with Gasteiger partial charge >= 0.3 is 6.09 Å². The van der Waals surface area contributed by atoms with E-state index in [0.717, 1.165) is 4.47 Å². The van der Waals surface area contributed by atoms with Gasteiger partial charge in [-0.3, -0.25) is 4.79 Å². The zero-order valence-corrected chi connectivity index (χ0v) is 16.7. The first-order valence-electron chi connectivity index (χ1n) is 8.31. The maximum atomic E-state index is 12.3. The molecule has 6 nitrogen and oxygen atoms in total. The van der Waals surface area contributed by atoms with Crippen molar-refractivity contribution in [3.63, 3.8) is 0 Å². The number of rotatable bonds is 3. The number of benzene rings is 1. The Morgan fingerprint density at radius 3 is 2.40 bits per heavy atom. The summed E-state index contributed by atoms with van der Waals surface area (Å²) in [4.78, 5) is 28.0. The Bertz CT molecular complexity index is 612. The first-order chi connectivity index (χ1) is 11.7. The lowest BCUT2D eigenvalue weighted by atomic mass is 10.2. The normalized spacial score (nSPS) is 18.0. The minimum Gasteiger partial charge on any atom is -0.484 e. The topological polar surface area (TPSA) is 59.1 Å². The van der Waals surface area contributed by atoms with Gasteiger partial charge in [0.05, 0.1) is 0 Å². The third-order valence-corrected chi connectivity index (χ3v) is 4.31. The summed E-state index contributed by atoms with van der Waals surface area (Å²) in [7, 11) is 0. The largest absolute Gasteiger partial charge is 0.484 e. The van der Waals surface area contributed by atoms with Gasteiger partial charge in [0, 0.05) is 30.1 Å². The summed E-state index contributed by atoms with van der Waals surface area (Å²) in [5.74, 6) is 0.565. The van der Waals surface area contributed by atoms with Gasteiger partial charge in [-0.1, -0.05) is 15.9 Å². The third-order valence-electron chi connectivity index (χ3n) is 3.78. The number of hydrogen-bond donors (Lipinski definition) is 0. The lowest BCUT2D eigenvalue weighted by Crippen LogP contribution is -2.56. The Morgan fingerprint density at radius 2 is 1.84 bits per heavy atom. The van der Waals surface area contributed by atoms with Crippen molar-refractivity contribution in [1.29, 1.82) is 0 Å². The lowest BCUT2D eigenvalue weighted by molar-refractivity contribution is -0.136. The van der Waals surface area contributed by atoms with Crippen LogP contribution in [0.2, 0.25) is 0 Å². The van der Waals surface area contributed by atoms with E-state index in [1.807, 2.05) is 39.8 Å². The van der Waals surface area contributed by atoms with Gasteiger partial charge in [-0.15, -0.1) is 0 Å². The summed E-state index contributed by atoms with van der Waals surface area (Å²) >= 11 is 3.36. The van der Waals surface area contributed by atoms with Gasteiger partial charge in [0.15, 0.2) is 6.61 Å². The molecule has 2 amide bonds. The number of halogens is 1. The minimum absolute atomic E-state index is 0.0131. The van der Waals surface area contributed by atoms with Gasteiger partial charge in [0.1, 0.15) is 11.4 Å². The van der Waals surface area contributed by atoms with Gasteiger partial charge in [0.2, 0.25) is 0 Å².